The van der Waals surface area contributed by atoms with Crippen LogP contribution in [0.3, 0.4) is 0 Å². The number of amides is 1. The van der Waals surface area contributed by atoms with Crippen molar-refractivity contribution in [2.75, 3.05) is 22.9 Å². The van der Waals surface area contributed by atoms with Crippen molar-refractivity contribution in [3.8, 4) is 11.4 Å². The van der Waals surface area contributed by atoms with Gasteiger partial charge in [-0.25, -0.2) is 14.8 Å². The van der Waals surface area contributed by atoms with E-state index < -0.39 is 0 Å². The molecule has 5 heterocycles. The summed E-state index contributed by atoms with van der Waals surface area (Å²) in [5.74, 6) is 2.13. The number of aromatic nitrogens is 5. The minimum atomic E-state index is -0.214. The van der Waals surface area contributed by atoms with Crippen LogP contribution < -0.4 is 9.80 Å². The van der Waals surface area contributed by atoms with Crippen molar-refractivity contribution >= 4 is 17.5 Å². The minimum absolute atomic E-state index is 0.214. The van der Waals surface area contributed by atoms with Crippen LogP contribution in [0.1, 0.15) is 18.7 Å². The Balaban J connectivity index is 1.39. The Labute approximate surface area is 150 Å². The number of anilines is 2. The van der Waals surface area contributed by atoms with Crippen molar-refractivity contribution in [1.82, 2.24) is 24.7 Å². The Kier molecular flexibility index (Phi) is 3.41. The molecule has 0 aromatic carbocycles. The SMILES string of the molecule is O=C1N(c2cccnc2)Cc2nc(-c3ccc(N4CCCC4)nc3)nn21. The number of pyridine rings is 2. The van der Waals surface area contributed by atoms with E-state index in [1.165, 1.54) is 17.5 Å². The van der Waals surface area contributed by atoms with Crippen LogP contribution in [-0.2, 0) is 6.54 Å². The van der Waals surface area contributed by atoms with E-state index in [4.69, 9.17) is 0 Å². The first-order valence-corrected chi connectivity index (χ1v) is 8.69. The zero-order valence-corrected chi connectivity index (χ0v) is 14.1. The molecule has 8 heteroatoms. The molecule has 5 rings (SSSR count). The summed E-state index contributed by atoms with van der Waals surface area (Å²) in [6.45, 7) is 2.50. The van der Waals surface area contributed by atoms with E-state index in [-0.39, 0.29) is 6.03 Å². The lowest BCUT2D eigenvalue weighted by molar-refractivity contribution is 0.248. The largest absolute Gasteiger partial charge is 0.357 e. The average Bonchev–Trinajstić information content (AvgIpc) is 3.41. The number of fused-ring (bicyclic) bond motifs is 1. The molecule has 130 valence electrons. The van der Waals surface area contributed by atoms with Gasteiger partial charge in [0.15, 0.2) is 11.6 Å². The highest BCUT2D eigenvalue weighted by Crippen LogP contribution is 2.26. The smallest absolute Gasteiger partial charge is 0.351 e. The van der Waals surface area contributed by atoms with Gasteiger partial charge in [-0.3, -0.25) is 9.88 Å². The molecule has 26 heavy (non-hydrogen) atoms. The molecule has 2 aliphatic rings. The topological polar surface area (TPSA) is 80.0 Å². The molecule has 3 aromatic rings. The molecule has 1 amide bonds. The molecule has 0 bridgehead atoms. The first kappa shape index (κ1) is 15.0. The van der Waals surface area contributed by atoms with Crippen molar-refractivity contribution < 1.29 is 4.79 Å². The maximum atomic E-state index is 12.6. The van der Waals surface area contributed by atoms with Crippen LogP contribution in [0.5, 0.6) is 0 Å². The van der Waals surface area contributed by atoms with Gasteiger partial charge in [0.1, 0.15) is 5.82 Å². The first-order chi connectivity index (χ1) is 12.8. The number of hydrogen-bond donors (Lipinski definition) is 0. The van der Waals surface area contributed by atoms with Crippen molar-refractivity contribution in [2.45, 2.75) is 19.4 Å². The van der Waals surface area contributed by atoms with E-state index in [1.807, 2.05) is 18.2 Å². The summed E-state index contributed by atoms with van der Waals surface area (Å²) in [6, 6.07) is 7.40. The van der Waals surface area contributed by atoms with E-state index in [9.17, 15) is 4.79 Å². The zero-order chi connectivity index (χ0) is 17.5. The quantitative estimate of drug-likeness (QED) is 0.723. The van der Waals surface area contributed by atoms with Gasteiger partial charge in [0, 0.05) is 31.0 Å². The normalized spacial score (nSPS) is 16.4. The summed E-state index contributed by atoms with van der Waals surface area (Å²) in [5, 5.41) is 4.39. The van der Waals surface area contributed by atoms with Crippen LogP contribution in [0.25, 0.3) is 11.4 Å². The molecule has 0 aliphatic carbocycles. The van der Waals surface area contributed by atoms with E-state index in [0.717, 1.165) is 30.2 Å². The second kappa shape index (κ2) is 5.91. The van der Waals surface area contributed by atoms with Crippen LogP contribution >= 0.6 is 0 Å². The summed E-state index contributed by atoms with van der Waals surface area (Å²) in [7, 11) is 0. The third-order valence-corrected chi connectivity index (χ3v) is 4.78. The second-order valence-corrected chi connectivity index (χ2v) is 6.44. The summed E-state index contributed by atoms with van der Waals surface area (Å²) >= 11 is 0. The fraction of sp³-hybridized carbons (Fsp3) is 0.278. The highest BCUT2D eigenvalue weighted by Gasteiger charge is 2.32. The minimum Gasteiger partial charge on any atom is -0.357 e. The lowest BCUT2D eigenvalue weighted by atomic mass is 10.2. The lowest BCUT2D eigenvalue weighted by Gasteiger charge is -2.16. The van der Waals surface area contributed by atoms with E-state index in [1.54, 1.807) is 29.6 Å². The standard InChI is InChI=1S/C18H17N7O/c26-18-24(14-4-3-7-19-11-14)12-16-21-17(22-25(16)18)13-5-6-15(20-10-13)23-8-1-2-9-23/h3-7,10-11H,1-2,8-9,12H2. The van der Waals surface area contributed by atoms with Crippen LogP contribution in [0.15, 0.2) is 42.9 Å². The van der Waals surface area contributed by atoms with Crippen LogP contribution in [-0.4, -0.2) is 43.9 Å². The fourth-order valence-corrected chi connectivity index (χ4v) is 3.41. The fourth-order valence-electron chi connectivity index (χ4n) is 3.41. The maximum Gasteiger partial charge on any atom is 0.351 e. The van der Waals surface area contributed by atoms with Crippen molar-refractivity contribution in [3.63, 3.8) is 0 Å². The molecule has 0 saturated carbocycles. The van der Waals surface area contributed by atoms with Crippen LogP contribution in [0.4, 0.5) is 16.3 Å². The number of nitrogens with zero attached hydrogens (tertiary/aromatic N) is 7. The Bertz CT molecular complexity index is 945. The van der Waals surface area contributed by atoms with Gasteiger partial charge in [-0.1, -0.05) is 0 Å². The summed E-state index contributed by atoms with van der Waals surface area (Å²) < 4.78 is 1.36. The van der Waals surface area contributed by atoms with Crippen molar-refractivity contribution in [3.05, 3.63) is 48.7 Å². The van der Waals surface area contributed by atoms with Crippen molar-refractivity contribution in [2.24, 2.45) is 0 Å². The van der Waals surface area contributed by atoms with Gasteiger partial charge in [-0.2, -0.15) is 4.68 Å². The predicted octanol–water partition coefficient (Wildman–Crippen LogP) is 2.32. The molecule has 0 unspecified atom stereocenters. The second-order valence-electron chi connectivity index (χ2n) is 6.44. The van der Waals surface area contributed by atoms with E-state index in [2.05, 4.69) is 25.0 Å². The molecule has 2 aliphatic heterocycles. The molecule has 0 atom stereocenters. The van der Waals surface area contributed by atoms with Crippen LogP contribution in [0, 0.1) is 0 Å². The molecule has 1 fully saturated rings. The highest BCUT2D eigenvalue weighted by molar-refractivity contribution is 5.95. The third kappa shape index (κ3) is 2.42. The molecule has 0 spiro atoms. The van der Waals surface area contributed by atoms with Gasteiger partial charge in [0.25, 0.3) is 0 Å². The van der Waals surface area contributed by atoms with Gasteiger partial charge in [0.2, 0.25) is 0 Å². The van der Waals surface area contributed by atoms with E-state index in [0.29, 0.717) is 18.2 Å². The molecular weight excluding hydrogens is 330 g/mol. The molecule has 8 nitrogen and oxygen atoms in total. The molecular formula is C18H17N7O. The molecule has 0 radical (unpaired) electrons. The summed E-state index contributed by atoms with van der Waals surface area (Å²) in [6.07, 6.45) is 7.55. The monoisotopic (exact) mass is 347 g/mol. The Hall–Kier alpha value is -3.29. The Morgan fingerprint density at radius 3 is 2.62 bits per heavy atom. The number of carbonyl (C=O) groups is 1. The van der Waals surface area contributed by atoms with Gasteiger partial charge in [-0.05, 0) is 37.1 Å². The lowest BCUT2D eigenvalue weighted by Crippen LogP contribution is -2.26. The molecule has 1 saturated heterocycles. The zero-order valence-electron chi connectivity index (χ0n) is 14.1. The number of hydrogen-bond acceptors (Lipinski definition) is 6. The van der Waals surface area contributed by atoms with Gasteiger partial charge >= 0.3 is 6.03 Å². The van der Waals surface area contributed by atoms with Gasteiger partial charge in [0.05, 0.1) is 18.4 Å². The first-order valence-electron chi connectivity index (χ1n) is 8.69. The molecule has 3 aromatic heterocycles. The Morgan fingerprint density at radius 1 is 1.04 bits per heavy atom. The summed E-state index contributed by atoms with van der Waals surface area (Å²) in [5.41, 5.74) is 1.55. The highest BCUT2D eigenvalue weighted by atomic mass is 16.2. The van der Waals surface area contributed by atoms with Gasteiger partial charge < -0.3 is 4.90 Å². The summed E-state index contributed by atoms with van der Waals surface area (Å²) in [4.78, 5) is 29.6. The number of carbonyl (C=O) groups excluding carboxylic acids is 1. The predicted molar refractivity (Wildman–Crippen MR) is 95.9 cm³/mol. The maximum absolute atomic E-state index is 12.6. The molecule has 0 N–H and O–H groups in total. The van der Waals surface area contributed by atoms with Crippen molar-refractivity contribution in [1.29, 1.82) is 0 Å². The van der Waals surface area contributed by atoms with Crippen LogP contribution in [0.2, 0.25) is 0 Å². The van der Waals surface area contributed by atoms with Gasteiger partial charge in [-0.15, -0.1) is 5.10 Å². The number of rotatable bonds is 3. The van der Waals surface area contributed by atoms with E-state index >= 15 is 0 Å². The average molecular weight is 347 g/mol. The Morgan fingerprint density at radius 2 is 1.92 bits per heavy atom. The third-order valence-electron chi connectivity index (χ3n) is 4.78.